The lowest BCUT2D eigenvalue weighted by Gasteiger charge is -2.10. The molecule has 0 aromatic rings. The van der Waals surface area contributed by atoms with Crippen molar-refractivity contribution in [1.82, 2.24) is 0 Å². The fraction of sp³-hybridized carbons (Fsp3) is 0.800. The maximum absolute atomic E-state index is 11.4. The van der Waals surface area contributed by atoms with E-state index in [9.17, 15) is 9.59 Å². The third-order valence-corrected chi connectivity index (χ3v) is 3.36. The SMILES string of the molecule is CCCC(=O)C(C)CSCC(N)C(=O)O. The summed E-state index contributed by atoms with van der Waals surface area (Å²) in [7, 11) is 0. The second-order valence-electron chi connectivity index (χ2n) is 3.60. The second kappa shape index (κ2) is 7.70. The molecule has 0 rings (SSSR count). The smallest absolute Gasteiger partial charge is 0.321 e. The number of nitrogens with two attached hydrogens (primary N) is 1. The van der Waals surface area contributed by atoms with E-state index in [4.69, 9.17) is 10.8 Å². The Labute approximate surface area is 94.6 Å². The number of carboxylic acids is 1. The van der Waals surface area contributed by atoms with Crippen LogP contribution in [0.3, 0.4) is 0 Å². The van der Waals surface area contributed by atoms with Gasteiger partial charge in [0.1, 0.15) is 11.8 Å². The van der Waals surface area contributed by atoms with Crippen LogP contribution in [-0.4, -0.2) is 34.4 Å². The maximum Gasteiger partial charge on any atom is 0.321 e. The van der Waals surface area contributed by atoms with Gasteiger partial charge in [0.05, 0.1) is 0 Å². The number of carbonyl (C=O) groups is 2. The van der Waals surface area contributed by atoms with Crippen LogP contribution < -0.4 is 5.73 Å². The molecule has 0 saturated carbocycles. The molecule has 3 N–H and O–H groups in total. The molecule has 0 amide bonds. The number of carboxylic acid groups (broad SMARTS) is 1. The number of thioether (sulfide) groups is 1. The Bertz CT molecular complexity index is 221. The number of hydrogen-bond donors (Lipinski definition) is 2. The van der Waals surface area contributed by atoms with Crippen molar-refractivity contribution in [1.29, 1.82) is 0 Å². The van der Waals surface area contributed by atoms with E-state index >= 15 is 0 Å². The summed E-state index contributed by atoms with van der Waals surface area (Å²) >= 11 is 1.43. The summed E-state index contributed by atoms with van der Waals surface area (Å²) < 4.78 is 0. The largest absolute Gasteiger partial charge is 0.480 e. The fourth-order valence-electron chi connectivity index (χ4n) is 1.03. The Kier molecular flexibility index (Phi) is 7.42. The minimum atomic E-state index is -0.991. The van der Waals surface area contributed by atoms with Crippen molar-refractivity contribution < 1.29 is 14.7 Å². The predicted molar refractivity (Wildman–Crippen MR) is 62.0 cm³/mol. The first-order valence-corrected chi connectivity index (χ1v) is 6.23. The van der Waals surface area contributed by atoms with E-state index in [1.165, 1.54) is 11.8 Å². The van der Waals surface area contributed by atoms with Gasteiger partial charge in [0.2, 0.25) is 0 Å². The van der Waals surface area contributed by atoms with Gasteiger partial charge in [0, 0.05) is 23.8 Å². The molecule has 88 valence electrons. The number of ketones is 1. The van der Waals surface area contributed by atoms with Crippen LogP contribution in [-0.2, 0) is 9.59 Å². The predicted octanol–water partition coefficient (Wildman–Crippen LogP) is 1.14. The van der Waals surface area contributed by atoms with E-state index in [2.05, 4.69) is 0 Å². The van der Waals surface area contributed by atoms with Crippen molar-refractivity contribution in [3.05, 3.63) is 0 Å². The van der Waals surface area contributed by atoms with E-state index in [1.54, 1.807) is 0 Å². The van der Waals surface area contributed by atoms with Crippen LogP contribution in [0.15, 0.2) is 0 Å². The number of Topliss-reactive ketones (excluding diaryl/α,β-unsaturated/α-hetero) is 1. The standard InChI is InChI=1S/C10H19NO3S/c1-3-4-9(12)7(2)5-15-6-8(11)10(13)14/h7-8H,3-6,11H2,1-2H3,(H,13,14). The molecular formula is C10H19NO3S. The molecule has 0 aliphatic carbocycles. The molecule has 0 aliphatic rings. The zero-order chi connectivity index (χ0) is 11.8. The molecule has 0 aromatic heterocycles. The highest BCUT2D eigenvalue weighted by Gasteiger charge is 2.15. The molecular weight excluding hydrogens is 214 g/mol. The number of aliphatic carboxylic acids is 1. The summed E-state index contributed by atoms with van der Waals surface area (Å²) in [6.07, 6.45) is 1.47. The summed E-state index contributed by atoms with van der Waals surface area (Å²) in [4.78, 5) is 21.8. The molecule has 4 nitrogen and oxygen atoms in total. The molecule has 0 heterocycles. The zero-order valence-electron chi connectivity index (χ0n) is 9.23. The van der Waals surface area contributed by atoms with Gasteiger partial charge in [-0.1, -0.05) is 13.8 Å². The minimum absolute atomic E-state index is 0.00375. The van der Waals surface area contributed by atoms with Crippen molar-refractivity contribution in [3.8, 4) is 0 Å². The quantitative estimate of drug-likeness (QED) is 0.657. The lowest BCUT2D eigenvalue weighted by molar-refractivity contribution is -0.137. The lowest BCUT2D eigenvalue weighted by atomic mass is 10.1. The Hall–Kier alpha value is -0.550. The molecule has 0 aliphatic heterocycles. The summed E-state index contributed by atoms with van der Waals surface area (Å²) in [5.41, 5.74) is 5.33. The zero-order valence-corrected chi connectivity index (χ0v) is 10.0. The van der Waals surface area contributed by atoms with Crippen molar-refractivity contribution in [3.63, 3.8) is 0 Å². The Morgan fingerprint density at radius 3 is 2.47 bits per heavy atom. The summed E-state index contributed by atoms with van der Waals surface area (Å²) in [6.45, 7) is 3.84. The van der Waals surface area contributed by atoms with Crippen molar-refractivity contribution in [2.24, 2.45) is 11.7 Å². The van der Waals surface area contributed by atoms with E-state index in [0.29, 0.717) is 17.9 Å². The first-order valence-electron chi connectivity index (χ1n) is 5.07. The van der Waals surface area contributed by atoms with Gasteiger partial charge in [0.15, 0.2) is 0 Å². The molecule has 0 bridgehead atoms. The third kappa shape index (κ3) is 6.52. The molecule has 15 heavy (non-hydrogen) atoms. The molecule has 0 spiro atoms. The van der Waals surface area contributed by atoms with Crippen LogP contribution in [0, 0.1) is 5.92 Å². The van der Waals surface area contributed by atoms with Gasteiger partial charge in [-0.25, -0.2) is 0 Å². The fourth-order valence-corrected chi connectivity index (χ4v) is 2.10. The molecule has 0 fully saturated rings. The first kappa shape index (κ1) is 14.5. The van der Waals surface area contributed by atoms with E-state index < -0.39 is 12.0 Å². The van der Waals surface area contributed by atoms with Gasteiger partial charge in [0.25, 0.3) is 0 Å². The van der Waals surface area contributed by atoms with Gasteiger partial charge in [-0.3, -0.25) is 9.59 Å². The Morgan fingerprint density at radius 2 is 2.00 bits per heavy atom. The topological polar surface area (TPSA) is 80.4 Å². The Morgan fingerprint density at radius 1 is 1.40 bits per heavy atom. The van der Waals surface area contributed by atoms with Crippen LogP contribution in [0.1, 0.15) is 26.7 Å². The molecule has 2 unspecified atom stereocenters. The molecule has 5 heteroatoms. The lowest BCUT2D eigenvalue weighted by Crippen LogP contribution is -2.32. The van der Waals surface area contributed by atoms with Crippen molar-refractivity contribution >= 4 is 23.5 Å². The molecule has 0 aromatic carbocycles. The van der Waals surface area contributed by atoms with E-state index in [1.807, 2.05) is 13.8 Å². The third-order valence-electron chi connectivity index (χ3n) is 2.03. The van der Waals surface area contributed by atoms with Crippen LogP contribution in [0.5, 0.6) is 0 Å². The van der Waals surface area contributed by atoms with Crippen LogP contribution in [0.25, 0.3) is 0 Å². The van der Waals surface area contributed by atoms with Crippen molar-refractivity contribution in [2.45, 2.75) is 32.7 Å². The highest BCUT2D eigenvalue weighted by molar-refractivity contribution is 7.99. The van der Waals surface area contributed by atoms with Gasteiger partial charge >= 0.3 is 5.97 Å². The molecule has 0 saturated heterocycles. The molecule has 2 atom stereocenters. The normalized spacial score (nSPS) is 14.6. The highest BCUT2D eigenvalue weighted by atomic mass is 32.2. The monoisotopic (exact) mass is 233 g/mol. The summed E-state index contributed by atoms with van der Waals surface area (Å²) in [5.74, 6) is 0.263. The number of carbonyl (C=O) groups excluding carboxylic acids is 1. The average Bonchev–Trinajstić information content (AvgIpc) is 2.17. The van der Waals surface area contributed by atoms with Gasteiger partial charge in [-0.05, 0) is 6.42 Å². The van der Waals surface area contributed by atoms with E-state index in [0.717, 1.165) is 6.42 Å². The minimum Gasteiger partial charge on any atom is -0.480 e. The highest BCUT2D eigenvalue weighted by Crippen LogP contribution is 2.12. The second-order valence-corrected chi connectivity index (χ2v) is 4.67. The van der Waals surface area contributed by atoms with Gasteiger partial charge < -0.3 is 10.8 Å². The van der Waals surface area contributed by atoms with Crippen LogP contribution in [0.4, 0.5) is 0 Å². The average molecular weight is 233 g/mol. The van der Waals surface area contributed by atoms with Crippen LogP contribution >= 0.6 is 11.8 Å². The summed E-state index contributed by atoms with van der Waals surface area (Å²) in [6, 6.07) is -0.830. The Balaban J connectivity index is 3.67. The van der Waals surface area contributed by atoms with Crippen LogP contribution in [0.2, 0.25) is 0 Å². The summed E-state index contributed by atoms with van der Waals surface area (Å²) in [5, 5.41) is 8.54. The van der Waals surface area contributed by atoms with Crippen molar-refractivity contribution in [2.75, 3.05) is 11.5 Å². The van der Waals surface area contributed by atoms with Gasteiger partial charge in [-0.15, -0.1) is 0 Å². The van der Waals surface area contributed by atoms with E-state index in [-0.39, 0.29) is 11.7 Å². The number of rotatable bonds is 8. The first-order chi connectivity index (χ1) is 6.99. The number of hydrogen-bond acceptors (Lipinski definition) is 4. The molecule has 0 radical (unpaired) electrons. The maximum atomic E-state index is 11.4. The van der Waals surface area contributed by atoms with Gasteiger partial charge in [-0.2, -0.15) is 11.8 Å².